The lowest BCUT2D eigenvalue weighted by atomic mass is 10.1. The van der Waals surface area contributed by atoms with Crippen LogP contribution in [0.4, 0.5) is 0 Å². The van der Waals surface area contributed by atoms with Gasteiger partial charge in [-0.25, -0.2) is 4.68 Å². The van der Waals surface area contributed by atoms with Gasteiger partial charge >= 0.3 is 0 Å². The van der Waals surface area contributed by atoms with E-state index in [4.69, 9.17) is 11.6 Å². The van der Waals surface area contributed by atoms with Gasteiger partial charge in [-0.05, 0) is 37.0 Å². The monoisotopic (exact) mass is 343 g/mol. The minimum atomic E-state index is -0.275. The standard InChI is InChI=1S/C15H14ClN7O/c16-10-3-1-2-4-12(10)23-8-7-11(20-23)15(24)17-13(9-5-6-9)14-18-21-22-19-14/h1-4,7-9,13H,5-6H2,(H,17,24)(H,18,19,21,22). The number of benzene rings is 1. The molecular formula is C15H14ClN7O. The van der Waals surface area contributed by atoms with Crippen LogP contribution in [0.5, 0.6) is 0 Å². The number of hydrogen-bond acceptors (Lipinski definition) is 5. The quantitative estimate of drug-likeness (QED) is 0.737. The van der Waals surface area contributed by atoms with E-state index in [-0.39, 0.29) is 11.9 Å². The van der Waals surface area contributed by atoms with E-state index < -0.39 is 0 Å². The molecule has 8 nitrogen and oxygen atoms in total. The van der Waals surface area contributed by atoms with Crippen molar-refractivity contribution in [3.05, 3.63) is 53.1 Å². The average Bonchev–Trinajstić information content (AvgIpc) is 3.09. The topological polar surface area (TPSA) is 101 Å². The van der Waals surface area contributed by atoms with Gasteiger partial charge in [0.2, 0.25) is 0 Å². The van der Waals surface area contributed by atoms with E-state index in [9.17, 15) is 4.79 Å². The summed E-state index contributed by atoms with van der Waals surface area (Å²) in [7, 11) is 0. The van der Waals surface area contributed by atoms with E-state index in [2.05, 4.69) is 31.0 Å². The summed E-state index contributed by atoms with van der Waals surface area (Å²) in [5.74, 6) is 0.566. The molecule has 0 spiro atoms. The molecule has 0 radical (unpaired) electrons. The molecule has 2 N–H and O–H groups in total. The van der Waals surface area contributed by atoms with Gasteiger partial charge in [0.15, 0.2) is 11.5 Å². The Morgan fingerprint density at radius 2 is 2.17 bits per heavy atom. The van der Waals surface area contributed by atoms with E-state index in [1.165, 1.54) is 0 Å². The van der Waals surface area contributed by atoms with Gasteiger partial charge in [0.05, 0.1) is 16.8 Å². The predicted octanol–water partition coefficient (Wildman–Crippen LogP) is 1.92. The van der Waals surface area contributed by atoms with Crippen molar-refractivity contribution in [1.82, 2.24) is 35.7 Å². The van der Waals surface area contributed by atoms with Gasteiger partial charge in [0.1, 0.15) is 0 Å². The van der Waals surface area contributed by atoms with E-state index in [1.54, 1.807) is 23.0 Å². The molecule has 1 aromatic carbocycles. The van der Waals surface area contributed by atoms with Crippen molar-refractivity contribution < 1.29 is 4.79 Å². The van der Waals surface area contributed by atoms with Crippen molar-refractivity contribution >= 4 is 17.5 Å². The molecule has 24 heavy (non-hydrogen) atoms. The molecular weight excluding hydrogens is 330 g/mol. The zero-order valence-corrected chi connectivity index (χ0v) is 13.3. The molecule has 0 aliphatic heterocycles. The van der Waals surface area contributed by atoms with Crippen LogP contribution in [0.3, 0.4) is 0 Å². The largest absolute Gasteiger partial charge is 0.340 e. The average molecular weight is 344 g/mol. The Hall–Kier alpha value is -2.74. The fraction of sp³-hybridized carbons (Fsp3) is 0.267. The third kappa shape index (κ3) is 2.88. The Kier molecular flexibility index (Phi) is 3.73. The summed E-state index contributed by atoms with van der Waals surface area (Å²) >= 11 is 6.16. The second-order valence-corrected chi connectivity index (χ2v) is 6.06. The smallest absolute Gasteiger partial charge is 0.272 e. The summed E-state index contributed by atoms with van der Waals surface area (Å²) in [5.41, 5.74) is 1.03. The summed E-state index contributed by atoms with van der Waals surface area (Å²) in [6.07, 6.45) is 3.78. The van der Waals surface area contributed by atoms with E-state index in [1.807, 2.05) is 18.2 Å². The Morgan fingerprint density at radius 1 is 1.33 bits per heavy atom. The van der Waals surface area contributed by atoms with Crippen molar-refractivity contribution in [2.45, 2.75) is 18.9 Å². The molecule has 2 heterocycles. The highest BCUT2D eigenvalue weighted by Crippen LogP contribution is 2.39. The molecule has 4 rings (SSSR count). The fourth-order valence-corrected chi connectivity index (χ4v) is 2.78. The highest BCUT2D eigenvalue weighted by Gasteiger charge is 2.36. The number of carbonyl (C=O) groups excluding carboxylic acids is 1. The maximum atomic E-state index is 12.5. The van der Waals surface area contributed by atoms with Gasteiger partial charge in [0.25, 0.3) is 5.91 Å². The number of para-hydroxylation sites is 1. The van der Waals surface area contributed by atoms with Gasteiger partial charge in [-0.2, -0.15) is 10.3 Å². The lowest BCUT2D eigenvalue weighted by Gasteiger charge is -2.13. The summed E-state index contributed by atoms with van der Waals surface area (Å²) in [4.78, 5) is 12.5. The SMILES string of the molecule is O=C(NC(c1nn[nH]n1)C1CC1)c1ccn(-c2ccccc2Cl)n1. The van der Waals surface area contributed by atoms with Crippen molar-refractivity contribution in [3.63, 3.8) is 0 Å². The van der Waals surface area contributed by atoms with Gasteiger partial charge in [-0.1, -0.05) is 28.9 Å². The van der Waals surface area contributed by atoms with Gasteiger partial charge in [0, 0.05) is 6.20 Å². The molecule has 9 heteroatoms. The third-order valence-corrected chi connectivity index (χ3v) is 4.26. The molecule has 1 unspecified atom stereocenters. The normalized spacial score (nSPS) is 15.2. The van der Waals surface area contributed by atoms with E-state index >= 15 is 0 Å². The summed E-state index contributed by atoms with van der Waals surface area (Å²) in [6, 6.07) is 8.72. The number of tetrazole rings is 1. The molecule has 1 aliphatic rings. The number of H-pyrrole nitrogens is 1. The van der Waals surface area contributed by atoms with Crippen molar-refractivity contribution in [2.75, 3.05) is 0 Å². The van der Waals surface area contributed by atoms with Crippen LogP contribution < -0.4 is 5.32 Å². The number of rotatable bonds is 5. The maximum absolute atomic E-state index is 12.5. The zero-order chi connectivity index (χ0) is 16.5. The number of halogens is 1. The number of nitrogens with zero attached hydrogens (tertiary/aromatic N) is 5. The fourth-order valence-electron chi connectivity index (χ4n) is 2.56. The molecule has 0 bridgehead atoms. The number of amides is 1. The number of carbonyl (C=O) groups is 1. The number of aromatic amines is 1. The minimum absolute atomic E-state index is 0.248. The first kappa shape index (κ1) is 14.8. The summed E-state index contributed by atoms with van der Waals surface area (Å²) in [6.45, 7) is 0. The van der Waals surface area contributed by atoms with Gasteiger partial charge in [-0.15, -0.1) is 10.2 Å². The van der Waals surface area contributed by atoms with Gasteiger partial charge in [-0.3, -0.25) is 4.79 Å². The van der Waals surface area contributed by atoms with Crippen LogP contribution >= 0.6 is 11.6 Å². The number of nitrogens with one attached hydrogen (secondary N) is 2. The van der Waals surface area contributed by atoms with Crippen LogP contribution in [0, 0.1) is 5.92 Å². The molecule has 122 valence electrons. The van der Waals surface area contributed by atoms with E-state index in [0.717, 1.165) is 18.5 Å². The van der Waals surface area contributed by atoms with Crippen LogP contribution in [-0.4, -0.2) is 36.3 Å². The lowest BCUT2D eigenvalue weighted by molar-refractivity contribution is 0.0924. The lowest BCUT2D eigenvalue weighted by Crippen LogP contribution is -2.31. The van der Waals surface area contributed by atoms with Gasteiger partial charge < -0.3 is 5.32 Å². The first-order valence-corrected chi connectivity index (χ1v) is 7.95. The first-order chi connectivity index (χ1) is 11.7. The maximum Gasteiger partial charge on any atom is 0.272 e. The molecule has 1 saturated carbocycles. The highest BCUT2D eigenvalue weighted by atomic mass is 35.5. The first-order valence-electron chi connectivity index (χ1n) is 7.57. The Bertz CT molecular complexity index is 856. The van der Waals surface area contributed by atoms with Crippen LogP contribution in [-0.2, 0) is 0 Å². The third-order valence-electron chi connectivity index (χ3n) is 3.94. The summed E-state index contributed by atoms with van der Waals surface area (Å²) in [5, 5.41) is 21.8. The van der Waals surface area contributed by atoms with Crippen LogP contribution in [0.15, 0.2) is 36.5 Å². The minimum Gasteiger partial charge on any atom is -0.340 e. The number of hydrogen-bond donors (Lipinski definition) is 2. The molecule has 1 fully saturated rings. The second-order valence-electron chi connectivity index (χ2n) is 5.66. The predicted molar refractivity (Wildman–Crippen MR) is 85.7 cm³/mol. The van der Waals surface area contributed by atoms with Crippen LogP contribution in [0.1, 0.15) is 35.2 Å². The van der Waals surface area contributed by atoms with Crippen LogP contribution in [0.25, 0.3) is 5.69 Å². The molecule has 0 saturated heterocycles. The Labute approximate surface area is 142 Å². The number of aromatic nitrogens is 6. The summed E-state index contributed by atoms with van der Waals surface area (Å²) < 4.78 is 1.58. The molecule has 1 atom stereocenters. The highest BCUT2D eigenvalue weighted by molar-refractivity contribution is 6.32. The van der Waals surface area contributed by atoms with Crippen molar-refractivity contribution in [3.8, 4) is 5.69 Å². The van der Waals surface area contributed by atoms with Crippen molar-refractivity contribution in [2.24, 2.45) is 5.92 Å². The molecule has 1 amide bonds. The molecule has 2 aromatic heterocycles. The molecule has 3 aromatic rings. The van der Waals surface area contributed by atoms with Crippen molar-refractivity contribution in [1.29, 1.82) is 0 Å². The van der Waals surface area contributed by atoms with E-state index in [0.29, 0.717) is 22.5 Å². The Morgan fingerprint density at radius 3 is 2.88 bits per heavy atom. The zero-order valence-electron chi connectivity index (χ0n) is 12.6. The Balaban J connectivity index is 1.54. The second kappa shape index (κ2) is 6.04. The molecule has 1 aliphatic carbocycles. The van der Waals surface area contributed by atoms with Crippen LogP contribution in [0.2, 0.25) is 5.02 Å².